The zero-order valence-corrected chi connectivity index (χ0v) is 67.1. The summed E-state index contributed by atoms with van der Waals surface area (Å²) in [4.78, 5) is 71.8. The van der Waals surface area contributed by atoms with E-state index >= 15 is 0 Å². The number of carbonyl (C=O) groups is 2. The number of ether oxygens (including phenoxy) is 1. The van der Waals surface area contributed by atoms with Crippen molar-refractivity contribution in [3.8, 4) is 23.3 Å². The number of aliphatic hydroxyl groups is 1. The number of hydrogen-bond acceptors (Lipinski definition) is 41. The zero-order chi connectivity index (χ0) is 87.2. The fourth-order valence-electron chi connectivity index (χ4n) is 10.1. The molecule has 4 aromatic carbocycles. The van der Waals surface area contributed by atoms with Gasteiger partial charge in [0.2, 0.25) is 93.5 Å². The number of nitrogens with zero attached hydrogens (tertiary/aromatic N) is 20. The molecular weight excluding hydrogens is 1650 g/mol. The molecule has 0 spiro atoms. The van der Waals surface area contributed by atoms with Crippen molar-refractivity contribution in [1.82, 2.24) is 104 Å². The summed E-state index contributed by atoms with van der Waals surface area (Å²) in [6.45, 7) is 11.8. The molecule has 634 valence electrons. The number of nitrogen functional groups attached to an aromatic ring is 4. The number of anilines is 16. The fraction of sp³-hybridized carbons (Fsp3) is 0.231. The van der Waals surface area contributed by atoms with Gasteiger partial charge < -0.3 is 85.7 Å². The lowest BCUT2D eigenvalue weighted by atomic mass is 10.2. The number of benzene rings is 4. The minimum atomic E-state index is -3.80. The molecule has 1 aliphatic heterocycles. The highest BCUT2D eigenvalue weighted by Gasteiger charge is 2.26. The van der Waals surface area contributed by atoms with Gasteiger partial charge in [-0.05, 0) is 152 Å². The molecule has 1 saturated heterocycles. The van der Waals surface area contributed by atoms with Gasteiger partial charge in [-0.3, -0.25) is 4.79 Å². The number of hydrogen-bond donors (Lipinski definition) is 19. The van der Waals surface area contributed by atoms with Gasteiger partial charge in [-0.25, -0.2) is 98.9 Å². The minimum absolute atomic E-state index is 0.00539. The number of halogens is 1. The van der Waals surface area contributed by atoms with E-state index in [9.17, 15) is 47.7 Å². The molecule has 0 bridgehead atoms. The quantitative estimate of drug-likeness (QED) is 0.0317. The summed E-state index contributed by atoms with van der Waals surface area (Å²) in [5.74, 6) is 0.436. The van der Waals surface area contributed by atoms with E-state index in [1.807, 2.05) is 0 Å². The Morgan fingerprint density at radius 3 is 1.14 bits per heavy atom. The maximum absolute atomic E-state index is 14.9. The molecule has 27 N–H and O–H groups in total. The van der Waals surface area contributed by atoms with Gasteiger partial charge in [0.25, 0.3) is 0 Å². The Kier molecular flexibility index (Phi) is 27.5. The zero-order valence-electron chi connectivity index (χ0n) is 63.9. The molecule has 0 saturated carbocycles. The number of sulfonamides is 4. The van der Waals surface area contributed by atoms with E-state index < -0.39 is 75.5 Å². The second kappa shape index (κ2) is 37.4. The average molecular weight is 1730 g/mol. The molecule has 50 nitrogen and oxygen atoms in total. The highest BCUT2D eigenvalue weighted by molar-refractivity contribution is 7.90. The second-order valence-electron chi connectivity index (χ2n) is 26.4. The molecule has 120 heavy (non-hydrogen) atoms. The number of primary sulfonamides is 4. The van der Waals surface area contributed by atoms with Crippen molar-refractivity contribution < 1.29 is 62.6 Å². The van der Waals surface area contributed by atoms with Crippen molar-refractivity contribution in [3.63, 3.8) is 0 Å². The van der Waals surface area contributed by atoms with Crippen molar-refractivity contribution in [2.45, 2.75) is 97.3 Å². The molecule has 0 aliphatic carbocycles. The molecular formula is C65H80FN37O13S4. The summed E-state index contributed by atoms with van der Waals surface area (Å²) >= 11 is 0. The van der Waals surface area contributed by atoms with Crippen molar-refractivity contribution in [3.05, 3.63) is 146 Å². The van der Waals surface area contributed by atoms with Crippen LogP contribution in [-0.4, -0.2) is 204 Å². The van der Waals surface area contributed by atoms with Crippen LogP contribution in [-0.2, 0) is 54.4 Å². The lowest BCUT2D eigenvalue weighted by Gasteiger charge is -2.22. The Balaban J connectivity index is 0.000000168. The molecule has 1 fully saturated rings. The lowest BCUT2D eigenvalue weighted by Crippen LogP contribution is -2.34. The first-order chi connectivity index (χ1) is 56.5. The number of carboxylic acids is 1. The van der Waals surface area contributed by atoms with Crippen LogP contribution in [0.4, 0.5) is 98.0 Å². The summed E-state index contributed by atoms with van der Waals surface area (Å²) in [6.07, 6.45) is 5.92. The van der Waals surface area contributed by atoms with E-state index in [1.54, 1.807) is 46.8 Å². The van der Waals surface area contributed by atoms with E-state index in [-0.39, 0.29) is 109 Å². The number of aromatic nitrogens is 20. The highest BCUT2D eigenvalue weighted by Crippen LogP contribution is 2.27. The van der Waals surface area contributed by atoms with E-state index in [4.69, 9.17) is 58.4 Å². The average Bonchev–Trinajstić information content (AvgIpc) is 1.67. The fourth-order valence-corrected chi connectivity index (χ4v) is 12.1. The van der Waals surface area contributed by atoms with Crippen molar-refractivity contribution in [1.29, 1.82) is 0 Å². The Labute approximate surface area is 681 Å². The third-order valence-corrected chi connectivity index (χ3v) is 19.5. The summed E-state index contributed by atoms with van der Waals surface area (Å²) < 4.78 is 116. The number of nitrogens with one attached hydrogen (secondary N) is 9. The predicted octanol–water partition coefficient (Wildman–Crippen LogP) is 0.855. The van der Waals surface area contributed by atoms with Crippen molar-refractivity contribution >= 4 is 146 Å². The summed E-state index contributed by atoms with van der Waals surface area (Å²) in [5.41, 5.74) is 25.1. The molecule has 8 aromatic heterocycles. The van der Waals surface area contributed by atoms with Crippen LogP contribution < -0.4 is 91.3 Å². The van der Waals surface area contributed by atoms with Gasteiger partial charge in [-0.15, -0.1) is 20.4 Å². The number of esters is 1. The molecule has 9 heterocycles. The van der Waals surface area contributed by atoms with E-state index in [1.165, 1.54) is 149 Å². The van der Waals surface area contributed by atoms with Crippen LogP contribution in [0.5, 0.6) is 0 Å². The smallest absolute Gasteiger partial charge is 0.328 e. The standard InChI is InChI=1S/C19H25N9O4S.C16H19FN10O2S.C15H17N9O4S.C15H19N9O3S/c1-11(16(29)32-19(2,3)4)24-14-9-15(23-10-22-14)28-17(20)26-18(27-28)25-12-5-7-13(8-6-12)33(21,30)31;17-12-13(23-10-5-6-20-7-10)21-8-22-14(12)27-15(18)25-16(26-27)24-9-1-3-11(4-2-9)30(19,28)29;1-8(13(25)26)20-11-6-12(19-7-18-11)24-14(16)22-15(23-24)21-9-2-4-10(5-3-9)29(17,27)28;1-9(7-25)20-12-6-13(19-8-18-12)24-14(16)22-15(23-24)21-10-2-4-11(5-3-10)28(17,26)27/h5-11H,1-4H3,(H2,21,30,31)(H,22,23,24)(H3,20,25,26,27);1-4,8,10,20H,5-7H2,(H2,19,28,29)(H,21,22,23)(H3,18,24,25,26);2-8H,1H3,(H,25,26)(H2,17,27,28)(H,18,19,20)(H3,16,21,22,23);2-6,8-9,25H,7H2,1H3,(H2,17,26,27)(H,18,19,20)(H3,16,21,22,23)/t11-;10-;8-;9-/m0000/s1. The summed E-state index contributed by atoms with van der Waals surface area (Å²) in [6, 6.07) is 25.8. The molecule has 13 rings (SSSR count). The number of nitrogens with two attached hydrogens (primary N) is 8. The monoisotopic (exact) mass is 1730 g/mol. The Morgan fingerprint density at radius 2 is 0.825 bits per heavy atom. The van der Waals surface area contributed by atoms with Crippen molar-refractivity contribution in [2.75, 3.05) is 85.2 Å². The number of rotatable bonds is 27. The van der Waals surface area contributed by atoms with Gasteiger partial charge in [0.1, 0.15) is 60.4 Å². The molecule has 12 aromatic rings. The Bertz CT molecular complexity index is 6100. The lowest BCUT2D eigenvalue weighted by molar-refractivity contribution is -0.155. The minimum Gasteiger partial charge on any atom is -0.480 e. The third kappa shape index (κ3) is 24.4. The van der Waals surface area contributed by atoms with Gasteiger partial charge >= 0.3 is 11.9 Å². The third-order valence-electron chi connectivity index (χ3n) is 15.8. The Morgan fingerprint density at radius 1 is 0.500 bits per heavy atom. The largest absolute Gasteiger partial charge is 0.480 e. The van der Waals surface area contributed by atoms with Crippen LogP contribution in [0, 0.1) is 5.82 Å². The van der Waals surface area contributed by atoms with Crippen LogP contribution in [0.3, 0.4) is 0 Å². The molecule has 0 amide bonds. The SMILES string of the molecule is C[C@@H](CO)Nc1cc(-n2nc(Nc3ccc(S(N)(=O)=O)cc3)nc2N)ncn1.C[C@H](Nc1cc(-n2nc(Nc3ccc(S(N)(=O)=O)cc3)nc2N)ncn1)C(=O)O.C[C@H](Nc1cc(-n2nc(Nc3ccc(S(N)(=O)=O)cc3)nc2N)ncn1)C(=O)OC(C)(C)C.Nc1nc(Nc2ccc(S(N)(=O)=O)cc2)nn1-c1ncnc(N[C@H]2CCNC2)c1F. The Hall–Kier alpha value is -14.2. The van der Waals surface area contributed by atoms with Crippen LogP contribution in [0.25, 0.3) is 23.3 Å². The van der Waals surface area contributed by atoms with Crippen LogP contribution in [0.1, 0.15) is 48.0 Å². The van der Waals surface area contributed by atoms with Gasteiger partial charge in [0.05, 0.1) is 26.2 Å². The first-order valence-electron chi connectivity index (χ1n) is 34.8. The normalized spacial score (nSPS) is 13.6. The maximum atomic E-state index is 14.9. The number of aliphatic hydroxyl groups excluding tert-OH is 1. The molecule has 0 radical (unpaired) electrons. The van der Waals surface area contributed by atoms with Gasteiger partial charge in [-0.2, -0.15) is 43.1 Å². The van der Waals surface area contributed by atoms with E-state index in [0.717, 1.165) is 17.6 Å². The summed E-state index contributed by atoms with van der Waals surface area (Å²) in [7, 11) is -15.1. The second-order valence-corrected chi connectivity index (χ2v) is 32.7. The number of aliphatic carboxylic acids is 1. The number of carbonyl (C=O) groups excluding carboxylic acids is 1. The first kappa shape index (κ1) is 88.2. The van der Waals surface area contributed by atoms with Crippen LogP contribution in [0.2, 0.25) is 0 Å². The number of carboxylic acid groups (broad SMARTS) is 1. The van der Waals surface area contributed by atoms with E-state index in [0.29, 0.717) is 52.6 Å². The van der Waals surface area contributed by atoms with Crippen LogP contribution >= 0.6 is 0 Å². The van der Waals surface area contributed by atoms with Gasteiger partial charge in [0.15, 0.2) is 29.1 Å². The van der Waals surface area contributed by atoms with Crippen LogP contribution in [0.15, 0.2) is 160 Å². The molecule has 1 aliphatic rings. The maximum Gasteiger partial charge on any atom is 0.328 e. The van der Waals surface area contributed by atoms with E-state index in [2.05, 4.69) is 128 Å². The molecule has 0 unspecified atom stereocenters. The van der Waals surface area contributed by atoms with Crippen molar-refractivity contribution in [2.24, 2.45) is 20.6 Å². The molecule has 55 heteroatoms. The molecule has 4 atom stereocenters. The van der Waals surface area contributed by atoms with Gasteiger partial charge in [0, 0.05) is 59.6 Å². The predicted molar refractivity (Wildman–Crippen MR) is 435 cm³/mol. The highest BCUT2D eigenvalue weighted by atomic mass is 32.2. The summed E-state index contributed by atoms with van der Waals surface area (Å²) in [5, 5.41) is 81.7. The first-order valence-corrected chi connectivity index (χ1v) is 41.0. The van der Waals surface area contributed by atoms with Gasteiger partial charge in [-0.1, -0.05) is 0 Å². The topological polar surface area (TPSA) is 763 Å².